The van der Waals surface area contributed by atoms with Gasteiger partial charge in [0, 0.05) is 25.1 Å². The molecule has 1 heterocycles. The van der Waals surface area contributed by atoms with Crippen LogP contribution < -0.4 is 4.90 Å². The van der Waals surface area contributed by atoms with Crippen LogP contribution in [0.5, 0.6) is 0 Å². The number of piperidine rings is 1. The minimum absolute atomic E-state index is 0. The molecular formula is C15H20ClNO3. The molecule has 0 atom stereocenters. The fraction of sp³-hybridized carbons (Fsp3) is 0.467. The number of halogens is 1. The standard InChI is InChI=1S/C15H19NO3.ClH/c1-2-13(17)11-7-6-8-12(14(11)15(18)19)16-9-4-3-5-10-16;/h6-8H,2-5,9-10H2,1H3,(H,18,19);1H. The summed E-state index contributed by atoms with van der Waals surface area (Å²) in [5.41, 5.74) is 1.18. The summed E-state index contributed by atoms with van der Waals surface area (Å²) in [6.07, 6.45) is 3.66. The van der Waals surface area contributed by atoms with E-state index in [9.17, 15) is 14.7 Å². The molecule has 4 nitrogen and oxygen atoms in total. The number of ketones is 1. The number of carboxylic acids is 1. The number of hydrogen-bond acceptors (Lipinski definition) is 3. The minimum Gasteiger partial charge on any atom is -0.478 e. The van der Waals surface area contributed by atoms with E-state index in [2.05, 4.69) is 4.90 Å². The molecule has 1 aliphatic heterocycles. The lowest BCUT2D eigenvalue weighted by Gasteiger charge is -2.30. The summed E-state index contributed by atoms with van der Waals surface area (Å²) >= 11 is 0. The van der Waals surface area contributed by atoms with Gasteiger partial charge in [0.25, 0.3) is 0 Å². The summed E-state index contributed by atoms with van der Waals surface area (Å²) in [5.74, 6) is -1.13. The molecule has 1 aromatic rings. The van der Waals surface area contributed by atoms with E-state index in [0.29, 0.717) is 17.7 Å². The molecule has 0 spiro atoms. The maximum absolute atomic E-state index is 11.9. The van der Waals surface area contributed by atoms with Gasteiger partial charge in [-0.2, -0.15) is 0 Å². The van der Waals surface area contributed by atoms with E-state index >= 15 is 0 Å². The number of anilines is 1. The summed E-state index contributed by atoms with van der Waals surface area (Å²) in [6.45, 7) is 3.48. The zero-order chi connectivity index (χ0) is 13.8. The maximum Gasteiger partial charge on any atom is 0.338 e. The van der Waals surface area contributed by atoms with Gasteiger partial charge in [-0.25, -0.2) is 4.79 Å². The Morgan fingerprint density at radius 3 is 2.40 bits per heavy atom. The average Bonchev–Trinajstić information content (AvgIpc) is 2.46. The molecule has 110 valence electrons. The Balaban J connectivity index is 0.00000200. The third-order valence-corrected chi connectivity index (χ3v) is 3.57. The SMILES string of the molecule is CCC(=O)c1cccc(N2CCCCC2)c1C(=O)O.Cl. The predicted octanol–water partition coefficient (Wildman–Crippen LogP) is 3.39. The van der Waals surface area contributed by atoms with Crippen molar-refractivity contribution in [3.05, 3.63) is 29.3 Å². The second kappa shape index (κ2) is 7.29. The first-order valence-electron chi connectivity index (χ1n) is 6.79. The highest BCUT2D eigenvalue weighted by atomic mass is 35.5. The largest absolute Gasteiger partial charge is 0.478 e. The first-order chi connectivity index (χ1) is 9.15. The van der Waals surface area contributed by atoms with Gasteiger partial charge >= 0.3 is 5.97 Å². The quantitative estimate of drug-likeness (QED) is 0.866. The summed E-state index contributed by atoms with van der Waals surface area (Å²) in [5, 5.41) is 9.44. The monoisotopic (exact) mass is 297 g/mol. The van der Waals surface area contributed by atoms with Gasteiger partial charge in [0.05, 0.1) is 11.3 Å². The lowest BCUT2D eigenvalue weighted by molar-refractivity contribution is 0.0692. The highest BCUT2D eigenvalue weighted by Gasteiger charge is 2.23. The number of Topliss-reactive ketones (excluding diaryl/α,β-unsaturated/α-hetero) is 1. The molecule has 0 aromatic heterocycles. The molecule has 1 saturated heterocycles. The second-order valence-corrected chi connectivity index (χ2v) is 4.83. The van der Waals surface area contributed by atoms with Crippen LogP contribution in [0.3, 0.4) is 0 Å². The number of rotatable bonds is 4. The number of carboxylic acid groups (broad SMARTS) is 1. The summed E-state index contributed by atoms with van der Waals surface area (Å²) < 4.78 is 0. The number of carbonyl (C=O) groups is 2. The normalized spacial score (nSPS) is 14.6. The topological polar surface area (TPSA) is 57.6 Å². The van der Waals surface area contributed by atoms with Gasteiger partial charge in [-0.1, -0.05) is 19.1 Å². The number of hydrogen-bond donors (Lipinski definition) is 1. The number of benzene rings is 1. The van der Waals surface area contributed by atoms with Crippen molar-refractivity contribution in [2.24, 2.45) is 0 Å². The molecule has 0 aliphatic carbocycles. The van der Waals surface area contributed by atoms with Crippen molar-refractivity contribution < 1.29 is 14.7 Å². The van der Waals surface area contributed by atoms with Crippen LogP contribution in [-0.4, -0.2) is 29.9 Å². The Morgan fingerprint density at radius 1 is 1.20 bits per heavy atom. The number of aromatic carboxylic acids is 1. The first kappa shape index (κ1) is 16.5. The van der Waals surface area contributed by atoms with E-state index in [-0.39, 0.29) is 23.8 Å². The first-order valence-corrected chi connectivity index (χ1v) is 6.79. The highest BCUT2D eigenvalue weighted by molar-refractivity contribution is 6.09. The van der Waals surface area contributed by atoms with Crippen molar-refractivity contribution >= 4 is 29.8 Å². The minimum atomic E-state index is -1.02. The van der Waals surface area contributed by atoms with Gasteiger partial charge in [-0.3, -0.25) is 4.79 Å². The Morgan fingerprint density at radius 2 is 1.85 bits per heavy atom. The molecule has 0 amide bonds. The fourth-order valence-electron chi connectivity index (χ4n) is 2.59. The molecular weight excluding hydrogens is 278 g/mol. The smallest absolute Gasteiger partial charge is 0.338 e. The van der Waals surface area contributed by atoms with Crippen molar-refractivity contribution in [1.29, 1.82) is 0 Å². The van der Waals surface area contributed by atoms with Crippen molar-refractivity contribution in [1.82, 2.24) is 0 Å². The van der Waals surface area contributed by atoms with Crippen molar-refractivity contribution in [3.8, 4) is 0 Å². The van der Waals surface area contributed by atoms with Crippen LogP contribution in [-0.2, 0) is 0 Å². The maximum atomic E-state index is 11.9. The van der Waals surface area contributed by atoms with E-state index in [1.54, 1.807) is 25.1 Å². The zero-order valence-corrected chi connectivity index (χ0v) is 12.4. The van der Waals surface area contributed by atoms with E-state index in [1.807, 2.05) is 0 Å². The molecule has 1 fully saturated rings. The van der Waals surface area contributed by atoms with Gasteiger partial charge < -0.3 is 10.0 Å². The van der Waals surface area contributed by atoms with Crippen LogP contribution in [0.15, 0.2) is 18.2 Å². The van der Waals surface area contributed by atoms with E-state index in [4.69, 9.17) is 0 Å². The van der Waals surface area contributed by atoms with Crippen molar-refractivity contribution in [2.75, 3.05) is 18.0 Å². The van der Waals surface area contributed by atoms with E-state index in [1.165, 1.54) is 6.42 Å². The van der Waals surface area contributed by atoms with E-state index in [0.717, 1.165) is 25.9 Å². The zero-order valence-electron chi connectivity index (χ0n) is 11.6. The Hall–Kier alpha value is -1.55. The summed E-state index contributed by atoms with van der Waals surface area (Å²) in [6, 6.07) is 5.20. The molecule has 0 unspecified atom stereocenters. The van der Waals surface area contributed by atoms with Crippen LogP contribution in [0, 0.1) is 0 Å². The van der Waals surface area contributed by atoms with Gasteiger partial charge in [-0.05, 0) is 25.3 Å². The molecule has 0 radical (unpaired) electrons. The third-order valence-electron chi connectivity index (χ3n) is 3.57. The Labute approximate surface area is 125 Å². The average molecular weight is 298 g/mol. The molecule has 0 bridgehead atoms. The molecule has 5 heteroatoms. The molecule has 1 N–H and O–H groups in total. The number of carbonyl (C=O) groups excluding carboxylic acids is 1. The van der Waals surface area contributed by atoms with Gasteiger partial charge in [0.1, 0.15) is 0 Å². The third kappa shape index (κ3) is 3.31. The molecule has 1 aromatic carbocycles. The number of nitrogens with zero attached hydrogens (tertiary/aromatic N) is 1. The highest BCUT2D eigenvalue weighted by Crippen LogP contribution is 2.27. The van der Waals surface area contributed by atoms with Crippen molar-refractivity contribution in [3.63, 3.8) is 0 Å². The molecule has 20 heavy (non-hydrogen) atoms. The van der Waals surface area contributed by atoms with Crippen LogP contribution in [0.4, 0.5) is 5.69 Å². The predicted molar refractivity (Wildman–Crippen MR) is 81.3 cm³/mol. The van der Waals surface area contributed by atoms with Crippen LogP contribution in [0.2, 0.25) is 0 Å². The van der Waals surface area contributed by atoms with Gasteiger partial charge in [0.2, 0.25) is 0 Å². The van der Waals surface area contributed by atoms with Gasteiger partial charge in [0.15, 0.2) is 5.78 Å². The molecule has 1 aliphatic rings. The summed E-state index contributed by atoms with van der Waals surface area (Å²) in [7, 11) is 0. The lowest BCUT2D eigenvalue weighted by atomic mass is 9.98. The Bertz CT molecular complexity index is 496. The van der Waals surface area contributed by atoms with Gasteiger partial charge in [-0.15, -0.1) is 12.4 Å². The molecule has 2 rings (SSSR count). The Kier molecular flexibility index (Phi) is 6.02. The van der Waals surface area contributed by atoms with Crippen LogP contribution in [0.1, 0.15) is 53.3 Å². The second-order valence-electron chi connectivity index (χ2n) is 4.83. The fourth-order valence-corrected chi connectivity index (χ4v) is 2.59. The van der Waals surface area contributed by atoms with Crippen LogP contribution >= 0.6 is 12.4 Å². The summed E-state index contributed by atoms with van der Waals surface area (Å²) in [4.78, 5) is 25.5. The molecule has 0 saturated carbocycles. The van der Waals surface area contributed by atoms with Crippen molar-refractivity contribution in [2.45, 2.75) is 32.6 Å². The lowest BCUT2D eigenvalue weighted by Crippen LogP contribution is -2.31. The van der Waals surface area contributed by atoms with E-state index < -0.39 is 5.97 Å². The van der Waals surface area contributed by atoms with Crippen LogP contribution in [0.25, 0.3) is 0 Å².